The molecule has 1 fully saturated rings. The first-order valence-electron chi connectivity index (χ1n) is 15.1. The molecule has 1 aliphatic rings. The number of H-pyrrole nitrogens is 1. The highest BCUT2D eigenvalue weighted by molar-refractivity contribution is 6.11. The van der Waals surface area contributed by atoms with Crippen LogP contribution in [0.15, 0.2) is 72.8 Å². The molecule has 1 aromatic heterocycles. The van der Waals surface area contributed by atoms with Crippen molar-refractivity contribution in [2.45, 2.75) is 6.42 Å². The van der Waals surface area contributed by atoms with Crippen LogP contribution < -0.4 is 15.5 Å². The SMILES string of the molecule is COCCNc1cc(N2CCN(C)CC2)ccc1C(=O)Nc1n[nH]c2cc(-c3ccc(O)c(F)c3)c(Cc3cccc(F)c3)cc12. The van der Waals surface area contributed by atoms with Crippen LogP contribution in [0.1, 0.15) is 21.5 Å². The van der Waals surface area contributed by atoms with Gasteiger partial charge in [0.05, 0.1) is 17.7 Å². The highest BCUT2D eigenvalue weighted by Gasteiger charge is 2.20. The summed E-state index contributed by atoms with van der Waals surface area (Å²) in [5.41, 5.74) is 5.51. The predicted octanol–water partition coefficient (Wildman–Crippen LogP) is 5.87. The maximum Gasteiger partial charge on any atom is 0.258 e. The highest BCUT2D eigenvalue weighted by Crippen LogP contribution is 2.35. The van der Waals surface area contributed by atoms with Crippen molar-refractivity contribution in [2.75, 3.05) is 69.0 Å². The van der Waals surface area contributed by atoms with Gasteiger partial charge in [-0.1, -0.05) is 18.2 Å². The summed E-state index contributed by atoms with van der Waals surface area (Å²) in [6.07, 6.45) is 0.339. The van der Waals surface area contributed by atoms with Crippen molar-refractivity contribution in [3.8, 4) is 16.9 Å². The Morgan fingerprint density at radius 1 is 1.02 bits per heavy atom. The Labute approximate surface area is 265 Å². The van der Waals surface area contributed by atoms with Gasteiger partial charge in [-0.3, -0.25) is 9.89 Å². The second kappa shape index (κ2) is 13.6. The molecule has 4 aromatic carbocycles. The van der Waals surface area contributed by atoms with E-state index in [2.05, 4.69) is 37.7 Å². The molecule has 2 heterocycles. The Hall–Kier alpha value is -5.00. The molecule has 5 aromatic rings. The third-order valence-corrected chi connectivity index (χ3v) is 8.30. The number of carbonyl (C=O) groups is 1. The van der Waals surface area contributed by atoms with Gasteiger partial charge in [0.1, 0.15) is 5.82 Å². The van der Waals surface area contributed by atoms with Crippen molar-refractivity contribution < 1.29 is 23.4 Å². The lowest BCUT2D eigenvalue weighted by Crippen LogP contribution is -2.44. The zero-order valence-electron chi connectivity index (χ0n) is 25.7. The van der Waals surface area contributed by atoms with Gasteiger partial charge in [-0.15, -0.1) is 0 Å². The smallest absolute Gasteiger partial charge is 0.258 e. The third-order valence-electron chi connectivity index (χ3n) is 8.30. The molecule has 0 radical (unpaired) electrons. The predicted molar refractivity (Wildman–Crippen MR) is 177 cm³/mol. The number of benzene rings is 4. The van der Waals surface area contributed by atoms with E-state index in [1.807, 2.05) is 36.4 Å². The number of likely N-dealkylation sites (N-methyl/N-ethyl adjacent to an activating group) is 1. The van der Waals surface area contributed by atoms with Crippen molar-refractivity contribution in [3.63, 3.8) is 0 Å². The highest BCUT2D eigenvalue weighted by atomic mass is 19.1. The van der Waals surface area contributed by atoms with E-state index >= 15 is 0 Å². The summed E-state index contributed by atoms with van der Waals surface area (Å²) in [6.45, 7) is 4.73. The van der Waals surface area contributed by atoms with Crippen molar-refractivity contribution in [1.82, 2.24) is 15.1 Å². The van der Waals surface area contributed by atoms with Crippen LogP contribution >= 0.6 is 0 Å². The van der Waals surface area contributed by atoms with Crippen molar-refractivity contribution >= 4 is 34.0 Å². The fourth-order valence-corrected chi connectivity index (χ4v) is 5.76. The summed E-state index contributed by atoms with van der Waals surface area (Å²) in [5.74, 6) is -1.57. The summed E-state index contributed by atoms with van der Waals surface area (Å²) in [6, 6.07) is 19.9. The average molecular weight is 627 g/mol. The molecular weight excluding hydrogens is 590 g/mol. The number of phenolic OH excluding ortho intramolecular Hbond substituents is 1. The summed E-state index contributed by atoms with van der Waals surface area (Å²) in [7, 11) is 3.74. The summed E-state index contributed by atoms with van der Waals surface area (Å²) < 4.78 is 33.7. The maximum absolute atomic E-state index is 14.4. The van der Waals surface area contributed by atoms with E-state index < -0.39 is 11.6 Å². The van der Waals surface area contributed by atoms with E-state index in [-0.39, 0.29) is 11.7 Å². The Morgan fingerprint density at radius 3 is 2.61 bits per heavy atom. The van der Waals surface area contributed by atoms with Crippen molar-refractivity contribution in [3.05, 3.63) is 101 Å². The van der Waals surface area contributed by atoms with Gasteiger partial charge in [0.2, 0.25) is 0 Å². The van der Waals surface area contributed by atoms with E-state index in [9.17, 15) is 18.7 Å². The number of rotatable bonds is 10. The van der Waals surface area contributed by atoms with E-state index in [0.717, 1.165) is 43.0 Å². The Morgan fingerprint density at radius 2 is 1.85 bits per heavy atom. The normalized spacial score (nSPS) is 13.7. The van der Waals surface area contributed by atoms with Gasteiger partial charge in [0.15, 0.2) is 17.4 Å². The minimum atomic E-state index is -0.750. The number of phenols is 1. The molecule has 1 amide bonds. The largest absolute Gasteiger partial charge is 0.505 e. The first-order valence-corrected chi connectivity index (χ1v) is 15.1. The van der Waals surface area contributed by atoms with Crippen LogP contribution in [-0.2, 0) is 11.2 Å². The monoisotopic (exact) mass is 626 g/mol. The fourth-order valence-electron chi connectivity index (χ4n) is 5.76. The van der Waals surface area contributed by atoms with E-state index in [1.165, 1.54) is 24.3 Å². The van der Waals surface area contributed by atoms with Crippen LogP contribution in [0.5, 0.6) is 5.75 Å². The molecule has 9 nitrogen and oxygen atoms in total. The quantitative estimate of drug-likeness (QED) is 0.144. The topological polar surface area (TPSA) is 106 Å². The third kappa shape index (κ3) is 6.80. The molecule has 4 N–H and O–H groups in total. The van der Waals surface area contributed by atoms with Crippen LogP contribution in [0.2, 0.25) is 0 Å². The first-order chi connectivity index (χ1) is 22.3. The molecule has 46 heavy (non-hydrogen) atoms. The van der Waals surface area contributed by atoms with Gasteiger partial charge in [0.25, 0.3) is 5.91 Å². The number of aromatic nitrogens is 2. The molecule has 0 unspecified atom stereocenters. The summed E-state index contributed by atoms with van der Waals surface area (Å²) in [4.78, 5) is 18.3. The van der Waals surface area contributed by atoms with Gasteiger partial charge in [-0.25, -0.2) is 8.78 Å². The van der Waals surface area contributed by atoms with Gasteiger partial charge >= 0.3 is 0 Å². The lowest BCUT2D eigenvalue weighted by atomic mass is 9.93. The lowest BCUT2D eigenvalue weighted by Gasteiger charge is -2.34. The van der Waals surface area contributed by atoms with Crippen LogP contribution in [0, 0.1) is 11.6 Å². The number of aromatic hydroxyl groups is 1. The van der Waals surface area contributed by atoms with Crippen molar-refractivity contribution in [1.29, 1.82) is 0 Å². The van der Waals surface area contributed by atoms with Crippen LogP contribution in [0.3, 0.4) is 0 Å². The van der Waals surface area contributed by atoms with Crippen LogP contribution in [-0.4, -0.2) is 79.6 Å². The van der Waals surface area contributed by atoms with Gasteiger partial charge < -0.3 is 30.3 Å². The lowest BCUT2D eigenvalue weighted by molar-refractivity contribution is 0.102. The standard InChI is InChI=1S/C35H36F2N6O3/c1-42-11-13-43(14-12-42)26-7-8-27(31(20-26)38-10-15-46-2)35(45)39-34-29-18-24(16-22-4-3-5-25(36)17-22)28(21-32(29)40-41-34)23-6-9-33(44)30(37)19-23/h3-9,17-21,38,44H,10-16H2,1-2H3,(H2,39,40,41,45). The fraction of sp³-hybridized carbons (Fsp3) is 0.257. The molecule has 0 spiro atoms. The average Bonchev–Trinajstić information content (AvgIpc) is 3.43. The molecule has 1 aliphatic heterocycles. The number of anilines is 3. The molecule has 1 saturated heterocycles. The second-order valence-electron chi connectivity index (χ2n) is 11.5. The molecule has 0 saturated carbocycles. The van der Waals surface area contributed by atoms with E-state index in [0.29, 0.717) is 58.7 Å². The van der Waals surface area contributed by atoms with Gasteiger partial charge in [-0.2, -0.15) is 5.10 Å². The Bertz CT molecular complexity index is 1870. The maximum atomic E-state index is 14.4. The van der Waals surface area contributed by atoms with Crippen LogP contribution in [0.25, 0.3) is 22.0 Å². The molecule has 0 atom stereocenters. The number of ether oxygens (including phenoxy) is 1. The number of piperazine rings is 1. The minimum Gasteiger partial charge on any atom is -0.505 e. The molecule has 6 rings (SSSR count). The van der Waals surface area contributed by atoms with E-state index in [1.54, 1.807) is 19.2 Å². The Balaban J connectivity index is 1.34. The number of methoxy groups -OCH3 is 1. The summed E-state index contributed by atoms with van der Waals surface area (Å²) >= 11 is 0. The van der Waals surface area contributed by atoms with E-state index in [4.69, 9.17) is 4.74 Å². The second-order valence-corrected chi connectivity index (χ2v) is 11.5. The number of amides is 1. The zero-order valence-corrected chi connectivity index (χ0v) is 25.7. The molecule has 0 aliphatic carbocycles. The van der Waals surface area contributed by atoms with Gasteiger partial charge in [-0.05, 0) is 90.3 Å². The summed E-state index contributed by atoms with van der Waals surface area (Å²) in [5, 5.41) is 24.1. The number of aromatic amines is 1. The van der Waals surface area contributed by atoms with Gasteiger partial charge in [0, 0.05) is 56.6 Å². The number of nitrogens with zero attached hydrogens (tertiary/aromatic N) is 3. The first kappa shape index (κ1) is 31.0. The molecular formula is C35H36F2N6O3. The Kier molecular flexibility index (Phi) is 9.13. The number of hydrogen-bond donors (Lipinski definition) is 4. The number of halogens is 2. The number of carbonyl (C=O) groups excluding carboxylic acids is 1. The minimum absolute atomic E-state index is 0.329. The number of nitrogens with one attached hydrogen (secondary N) is 3. The molecule has 238 valence electrons. The number of fused-ring (bicyclic) bond motifs is 1. The zero-order chi connectivity index (χ0) is 32.2. The molecule has 0 bridgehead atoms. The number of hydrogen-bond acceptors (Lipinski definition) is 7. The molecule has 11 heteroatoms. The van der Waals surface area contributed by atoms with Crippen LogP contribution in [0.4, 0.5) is 26.0 Å². The van der Waals surface area contributed by atoms with Crippen molar-refractivity contribution in [2.24, 2.45) is 0 Å².